The number of hydrogen-bond donors (Lipinski definition) is 0. The lowest BCUT2D eigenvalue weighted by atomic mass is 10.0. The first-order valence-corrected chi connectivity index (χ1v) is 13.5. The van der Waals surface area contributed by atoms with Crippen LogP contribution in [0, 0.1) is 0 Å². The molecule has 1 aliphatic rings. The van der Waals surface area contributed by atoms with Crippen molar-refractivity contribution in [1.82, 2.24) is 4.31 Å². The summed E-state index contributed by atoms with van der Waals surface area (Å²) in [4.78, 5) is 13.1. The molecule has 1 saturated heterocycles. The SMILES string of the molecule is O.O=C(CCc1cccc(COc2ccc(C(F)(F)F)cc2)c1)C1CCCN1S(=O)c1cc2ccccc2o1. The highest BCUT2D eigenvalue weighted by Crippen LogP contribution is 2.31. The number of furan rings is 1. The number of fused-ring (bicyclic) bond motifs is 1. The summed E-state index contributed by atoms with van der Waals surface area (Å²) in [5.41, 5.74) is 1.75. The van der Waals surface area contributed by atoms with Gasteiger partial charge in [-0.1, -0.05) is 42.5 Å². The number of hydrogen-bond acceptors (Lipinski definition) is 4. The van der Waals surface area contributed by atoms with Crippen LogP contribution < -0.4 is 4.74 Å². The Morgan fingerprint density at radius 3 is 2.49 bits per heavy atom. The van der Waals surface area contributed by atoms with E-state index in [1.807, 2.05) is 48.5 Å². The number of para-hydroxylation sites is 1. The molecule has 0 spiro atoms. The van der Waals surface area contributed by atoms with Crippen molar-refractivity contribution in [2.45, 2.75) is 49.6 Å². The molecule has 3 aromatic carbocycles. The van der Waals surface area contributed by atoms with Gasteiger partial charge < -0.3 is 14.6 Å². The van der Waals surface area contributed by atoms with Crippen molar-refractivity contribution >= 4 is 27.7 Å². The van der Waals surface area contributed by atoms with E-state index in [0.29, 0.717) is 42.2 Å². The summed E-state index contributed by atoms with van der Waals surface area (Å²) in [6.45, 7) is 0.761. The fourth-order valence-electron chi connectivity index (χ4n) is 4.64. The van der Waals surface area contributed by atoms with Gasteiger partial charge in [0.25, 0.3) is 0 Å². The van der Waals surface area contributed by atoms with Gasteiger partial charge in [0.15, 0.2) is 16.8 Å². The Balaban J connectivity index is 0.00000353. The minimum Gasteiger partial charge on any atom is -0.489 e. The van der Waals surface area contributed by atoms with E-state index >= 15 is 0 Å². The van der Waals surface area contributed by atoms with E-state index in [9.17, 15) is 22.2 Å². The molecule has 6 nitrogen and oxygen atoms in total. The second kappa shape index (κ2) is 12.1. The third-order valence-corrected chi connectivity index (χ3v) is 8.01. The number of ketones is 1. The molecule has 1 fully saturated rings. The number of aryl methyl sites for hydroxylation is 1. The standard InChI is InChI=1S/C29H26F3NO4S.H2O/c30-29(31,32)23-11-13-24(14-12-23)36-19-21-6-3-5-20(17-21)10-15-26(34)25-8-4-16-33(25)38(35)28-18-22-7-1-2-9-27(22)37-28;/h1-3,5-7,9,11-14,17-18,25H,4,8,10,15-16,19H2;1H2. The fourth-order valence-corrected chi connectivity index (χ4v) is 6.00. The molecule has 2 heterocycles. The fraction of sp³-hybridized carbons (Fsp3) is 0.276. The van der Waals surface area contributed by atoms with Crippen LogP contribution in [0.5, 0.6) is 5.75 Å². The Hall–Kier alpha value is -3.47. The summed E-state index contributed by atoms with van der Waals surface area (Å²) in [5, 5.41) is 1.23. The predicted octanol–water partition coefficient (Wildman–Crippen LogP) is 5.89. The van der Waals surface area contributed by atoms with E-state index in [1.54, 1.807) is 10.4 Å². The van der Waals surface area contributed by atoms with Crippen molar-refractivity contribution in [2.75, 3.05) is 6.54 Å². The van der Waals surface area contributed by atoms with Gasteiger partial charge in [-0.15, -0.1) is 0 Å². The number of benzene rings is 3. The quantitative estimate of drug-likeness (QED) is 0.256. The van der Waals surface area contributed by atoms with Crippen LogP contribution in [0.1, 0.15) is 36.0 Å². The molecule has 1 aliphatic heterocycles. The summed E-state index contributed by atoms with van der Waals surface area (Å²) in [5.74, 6) is 0.385. The zero-order valence-electron chi connectivity index (χ0n) is 20.9. The number of carbonyl (C=O) groups is 1. The van der Waals surface area contributed by atoms with Crippen molar-refractivity contribution in [3.8, 4) is 5.75 Å². The Bertz CT molecular complexity index is 1420. The van der Waals surface area contributed by atoms with Gasteiger partial charge in [0.05, 0.1) is 11.6 Å². The Kier molecular flexibility index (Phi) is 8.89. The van der Waals surface area contributed by atoms with Crippen molar-refractivity contribution in [2.24, 2.45) is 0 Å². The van der Waals surface area contributed by atoms with Crippen LogP contribution in [0.3, 0.4) is 0 Å². The van der Waals surface area contributed by atoms with Crippen LogP contribution in [0.15, 0.2) is 88.4 Å². The molecule has 0 bridgehead atoms. The zero-order valence-corrected chi connectivity index (χ0v) is 21.8. The van der Waals surface area contributed by atoms with Gasteiger partial charge in [0.1, 0.15) is 17.9 Å². The zero-order chi connectivity index (χ0) is 26.7. The average molecular weight is 560 g/mol. The molecule has 10 heteroatoms. The molecule has 206 valence electrons. The van der Waals surface area contributed by atoms with Gasteiger partial charge in [-0.3, -0.25) is 4.79 Å². The highest BCUT2D eigenvalue weighted by Gasteiger charge is 2.35. The van der Waals surface area contributed by atoms with Crippen LogP contribution in [0.2, 0.25) is 0 Å². The van der Waals surface area contributed by atoms with E-state index in [2.05, 4.69) is 0 Å². The molecule has 0 saturated carbocycles. The summed E-state index contributed by atoms with van der Waals surface area (Å²) >= 11 is 0. The van der Waals surface area contributed by atoms with E-state index in [4.69, 9.17) is 9.15 Å². The molecular weight excluding hydrogens is 531 g/mol. The van der Waals surface area contributed by atoms with Crippen LogP contribution in [-0.2, 0) is 35.0 Å². The number of ether oxygens (including phenoxy) is 1. The van der Waals surface area contributed by atoms with E-state index in [0.717, 1.165) is 35.1 Å². The highest BCUT2D eigenvalue weighted by atomic mass is 32.2. The third-order valence-electron chi connectivity index (χ3n) is 6.60. The van der Waals surface area contributed by atoms with Crippen molar-refractivity contribution < 1.29 is 36.8 Å². The third kappa shape index (κ3) is 6.76. The maximum Gasteiger partial charge on any atom is 0.416 e. The van der Waals surface area contributed by atoms with Crippen LogP contribution in [-0.4, -0.2) is 32.4 Å². The van der Waals surface area contributed by atoms with Crippen LogP contribution >= 0.6 is 0 Å². The van der Waals surface area contributed by atoms with Crippen molar-refractivity contribution in [1.29, 1.82) is 0 Å². The Morgan fingerprint density at radius 2 is 1.74 bits per heavy atom. The largest absolute Gasteiger partial charge is 0.489 e. The molecule has 2 N–H and O–H groups in total. The monoisotopic (exact) mass is 559 g/mol. The van der Waals surface area contributed by atoms with Crippen LogP contribution in [0.25, 0.3) is 11.0 Å². The Morgan fingerprint density at radius 1 is 1.00 bits per heavy atom. The Labute approximate surface area is 226 Å². The lowest BCUT2D eigenvalue weighted by molar-refractivity contribution is -0.137. The van der Waals surface area contributed by atoms with Gasteiger partial charge >= 0.3 is 6.18 Å². The average Bonchev–Trinajstić information content (AvgIpc) is 3.58. The number of nitrogens with zero attached hydrogens (tertiary/aromatic N) is 1. The molecule has 1 aromatic heterocycles. The summed E-state index contributed by atoms with van der Waals surface area (Å²) in [6.07, 6.45) is -2.11. The molecule has 2 atom stereocenters. The minimum absolute atomic E-state index is 0. The molecule has 0 aliphatic carbocycles. The minimum atomic E-state index is -4.39. The van der Waals surface area contributed by atoms with Gasteiger partial charge in [0.2, 0.25) is 5.09 Å². The van der Waals surface area contributed by atoms with Gasteiger partial charge in [0, 0.05) is 24.4 Å². The van der Waals surface area contributed by atoms with Gasteiger partial charge in [-0.25, -0.2) is 8.51 Å². The highest BCUT2D eigenvalue weighted by molar-refractivity contribution is 7.82. The number of rotatable bonds is 9. The number of alkyl halides is 3. The van der Waals surface area contributed by atoms with Crippen molar-refractivity contribution in [3.05, 3.63) is 95.6 Å². The van der Waals surface area contributed by atoms with E-state index in [-0.39, 0.29) is 17.9 Å². The first-order chi connectivity index (χ1) is 18.3. The number of halogens is 3. The first kappa shape index (κ1) is 28.5. The summed E-state index contributed by atoms with van der Waals surface area (Å²) in [7, 11) is -1.55. The van der Waals surface area contributed by atoms with E-state index in [1.165, 1.54) is 12.1 Å². The van der Waals surface area contributed by atoms with Crippen molar-refractivity contribution in [3.63, 3.8) is 0 Å². The maximum absolute atomic E-state index is 13.2. The van der Waals surface area contributed by atoms with Gasteiger partial charge in [-0.2, -0.15) is 13.2 Å². The van der Waals surface area contributed by atoms with Crippen LogP contribution in [0.4, 0.5) is 13.2 Å². The second-order valence-corrected chi connectivity index (χ2v) is 10.6. The second-order valence-electron chi connectivity index (χ2n) is 9.25. The smallest absolute Gasteiger partial charge is 0.416 e. The summed E-state index contributed by atoms with van der Waals surface area (Å²) in [6, 6.07) is 21.0. The van der Waals surface area contributed by atoms with E-state index < -0.39 is 28.8 Å². The lowest BCUT2D eigenvalue weighted by Gasteiger charge is -2.21. The normalized spacial score (nSPS) is 16.6. The molecule has 2 unspecified atom stereocenters. The van der Waals surface area contributed by atoms with Gasteiger partial charge in [-0.05, 0) is 60.7 Å². The molecule has 4 aromatic rings. The molecular formula is C29H28F3NO5S. The topological polar surface area (TPSA) is 91.2 Å². The predicted molar refractivity (Wildman–Crippen MR) is 142 cm³/mol. The molecule has 5 rings (SSSR count). The molecule has 0 radical (unpaired) electrons. The number of carbonyl (C=O) groups excluding carboxylic acids is 1. The number of Topliss-reactive ketones (excluding diaryl/α,β-unsaturated/α-hetero) is 1. The summed E-state index contributed by atoms with van der Waals surface area (Å²) < 4.78 is 64.6. The molecule has 39 heavy (non-hydrogen) atoms. The lowest BCUT2D eigenvalue weighted by Crippen LogP contribution is -2.37. The first-order valence-electron chi connectivity index (χ1n) is 12.4. The maximum atomic E-state index is 13.2. The molecule has 0 amide bonds.